The molecule has 2 fully saturated rings. The van der Waals surface area contributed by atoms with E-state index in [9.17, 15) is 28.0 Å². The summed E-state index contributed by atoms with van der Waals surface area (Å²) in [4.78, 5) is 39.0. The number of amides is 2. The van der Waals surface area contributed by atoms with E-state index in [-0.39, 0.29) is 23.0 Å². The second kappa shape index (κ2) is 13.5. The Bertz CT molecular complexity index is 1090. The molecule has 1 saturated carbocycles. The second-order valence-electron chi connectivity index (χ2n) is 11.2. The van der Waals surface area contributed by atoms with Crippen LogP contribution in [0.15, 0.2) is 29.4 Å². The SMILES string of the molecule is CC(C)CC(NC(=O)CCC1CCCCC1)C(=O)NC1CCC(C)N(S(=O)(=O)c2cccc[n+]2[O-])CC1=O. The quantitative estimate of drug-likeness (QED) is 0.339. The number of hydrogen-bond acceptors (Lipinski definition) is 6. The monoisotopic (exact) mass is 550 g/mol. The molecule has 11 heteroatoms. The summed E-state index contributed by atoms with van der Waals surface area (Å²) in [5.41, 5.74) is 0. The number of carbonyl (C=O) groups is 3. The molecule has 3 unspecified atom stereocenters. The van der Waals surface area contributed by atoms with Crippen molar-refractivity contribution in [2.24, 2.45) is 11.8 Å². The Kier molecular flexibility index (Phi) is 10.7. The highest BCUT2D eigenvalue weighted by Gasteiger charge is 2.40. The smallest absolute Gasteiger partial charge is 0.323 e. The van der Waals surface area contributed by atoms with Gasteiger partial charge in [0.05, 0.1) is 12.6 Å². The fourth-order valence-corrected chi connectivity index (χ4v) is 7.05. The Labute approximate surface area is 226 Å². The van der Waals surface area contributed by atoms with Crippen LogP contribution in [-0.4, -0.2) is 55.0 Å². The lowest BCUT2D eigenvalue weighted by molar-refractivity contribution is -0.646. The molecule has 38 heavy (non-hydrogen) atoms. The van der Waals surface area contributed by atoms with E-state index in [0.717, 1.165) is 29.8 Å². The number of nitrogens with zero attached hydrogens (tertiary/aromatic N) is 2. The Hall–Kier alpha value is -2.53. The molecule has 3 atom stereocenters. The summed E-state index contributed by atoms with van der Waals surface area (Å²) >= 11 is 0. The van der Waals surface area contributed by atoms with Crippen molar-refractivity contribution in [3.8, 4) is 0 Å². The molecule has 10 nitrogen and oxygen atoms in total. The molecule has 3 rings (SSSR count). The first-order chi connectivity index (χ1) is 18.0. The van der Waals surface area contributed by atoms with Crippen molar-refractivity contribution in [2.45, 2.75) is 108 Å². The molecular formula is C27H42N4O6S. The number of aromatic nitrogens is 1. The summed E-state index contributed by atoms with van der Waals surface area (Å²) in [7, 11) is -4.22. The van der Waals surface area contributed by atoms with Crippen molar-refractivity contribution in [1.82, 2.24) is 14.9 Å². The summed E-state index contributed by atoms with van der Waals surface area (Å²) in [6.45, 7) is 5.15. The van der Waals surface area contributed by atoms with Gasteiger partial charge in [-0.05, 0) is 50.5 Å². The highest BCUT2D eigenvalue weighted by Crippen LogP contribution is 2.27. The molecule has 2 N–H and O–H groups in total. The summed E-state index contributed by atoms with van der Waals surface area (Å²) in [5, 5.41) is 17.3. The predicted molar refractivity (Wildman–Crippen MR) is 142 cm³/mol. The van der Waals surface area contributed by atoms with E-state index in [0.29, 0.717) is 25.2 Å². The molecule has 1 aliphatic heterocycles. The van der Waals surface area contributed by atoms with Gasteiger partial charge in [0.25, 0.3) is 0 Å². The van der Waals surface area contributed by atoms with Crippen LogP contribution in [0.2, 0.25) is 0 Å². The van der Waals surface area contributed by atoms with E-state index in [4.69, 9.17) is 0 Å². The van der Waals surface area contributed by atoms with Gasteiger partial charge in [-0.2, -0.15) is 9.04 Å². The molecular weight excluding hydrogens is 508 g/mol. The third kappa shape index (κ3) is 7.99. The Morgan fingerprint density at radius 3 is 2.50 bits per heavy atom. The molecule has 1 saturated heterocycles. The van der Waals surface area contributed by atoms with Crippen molar-refractivity contribution in [3.63, 3.8) is 0 Å². The lowest BCUT2D eigenvalue weighted by Crippen LogP contribution is -2.53. The zero-order valence-electron chi connectivity index (χ0n) is 22.7. The highest BCUT2D eigenvalue weighted by molar-refractivity contribution is 7.89. The third-order valence-electron chi connectivity index (χ3n) is 7.61. The fraction of sp³-hybridized carbons (Fsp3) is 0.704. The molecule has 1 aromatic heterocycles. The fourth-order valence-electron chi connectivity index (χ4n) is 5.39. The van der Waals surface area contributed by atoms with Gasteiger partial charge in [0, 0.05) is 24.6 Å². The number of sulfonamides is 1. The lowest BCUT2D eigenvalue weighted by atomic mass is 9.86. The Morgan fingerprint density at radius 2 is 1.84 bits per heavy atom. The largest absolute Gasteiger partial charge is 0.618 e. The van der Waals surface area contributed by atoms with Gasteiger partial charge in [-0.15, -0.1) is 0 Å². The molecule has 2 aliphatic rings. The van der Waals surface area contributed by atoms with Crippen LogP contribution in [0.4, 0.5) is 0 Å². The van der Waals surface area contributed by atoms with Crippen LogP contribution in [0, 0.1) is 17.0 Å². The van der Waals surface area contributed by atoms with Crippen molar-refractivity contribution >= 4 is 27.6 Å². The topological polar surface area (TPSA) is 140 Å². The molecule has 1 aromatic rings. The average molecular weight is 551 g/mol. The maximum Gasteiger partial charge on any atom is 0.323 e. The first-order valence-corrected chi connectivity index (χ1v) is 15.3. The number of rotatable bonds is 10. The standard InChI is InChI=1S/C27H42N4O6S/c1-19(2)17-23(28-25(33)15-13-21-9-5-4-6-10-21)27(34)29-22-14-12-20(3)31(18-24(22)32)38(36,37)26-11-7-8-16-30(26)35/h7-8,11,16,19-23H,4-6,9-10,12-15,17-18H2,1-3H3,(H,28,33)(H,29,34). The number of Topliss-reactive ketones (excluding diaryl/α,β-unsaturated/α-hetero) is 1. The number of ketones is 1. The molecule has 212 valence electrons. The first kappa shape index (κ1) is 30.0. The lowest BCUT2D eigenvalue weighted by Gasteiger charge is -2.25. The van der Waals surface area contributed by atoms with Crippen LogP contribution in [0.5, 0.6) is 0 Å². The van der Waals surface area contributed by atoms with E-state index in [1.54, 1.807) is 6.92 Å². The minimum atomic E-state index is -4.22. The summed E-state index contributed by atoms with van der Waals surface area (Å²) in [5.74, 6) is -0.356. The van der Waals surface area contributed by atoms with Gasteiger partial charge in [-0.1, -0.05) is 46.0 Å². The van der Waals surface area contributed by atoms with Crippen molar-refractivity contribution in [2.75, 3.05) is 6.54 Å². The van der Waals surface area contributed by atoms with Crippen LogP contribution < -0.4 is 15.4 Å². The third-order valence-corrected chi connectivity index (χ3v) is 9.56. The van der Waals surface area contributed by atoms with Gasteiger partial charge < -0.3 is 15.8 Å². The average Bonchev–Trinajstić information content (AvgIpc) is 3.01. The van der Waals surface area contributed by atoms with Gasteiger partial charge in [0.2, 0.25) is 11.8 Å². The molecule has 0 spiro atoms. The van der Waals surface area contributed by atoms with E-state index < -0.39 is 51.4 Å². The van der Waals surface area contributed by atoms with Gasteiger partial charge in [0.1, 0.15) is 6.04 Å². The van der Waals surface area contributed by atoms with Crippen molar-refractivity contribution in [3.05, 3.63) is 29.6 Å². The van der Waals surface area contributed by atoms with Crippen LogP contribution in [0.3, 0.4) is 0 Å². The molecule has 0 bridgehead atoms. The van der Waals surface area contributed by atoms with Gasteiger partial charge in [-0.25, -0.2) is 8.42 Å². The molecule has 0 aromatic carbocycles. The van der Waals surface area contributed by atoms with Crippen molar-refractivity contribution < 1.29 is 27.5 Å². The van der Waals surface area contributed by atoms with E-state index in [1.165, 1.54) is 37.5 Å². The first-order valence-electron chi connectivity index (χ1n) is 13.8. The highest BCUT2D eigenvalue weighted by atomic mass is 32.2. The summed E-state index contributed by atoms with van der Waals surface area (Å²) in [6, 6.07) is 1.89. The summed E-state index contributed by atoms with van der Waals surface area (Å²) in [6.07, 6.45) is 9.27. The number of hydrogen-bond donors (Lipinski definition) is 2. The molecule has 2 heterocycles. The minimum Gasteiger partial charge on any atom is -0.618 e. The molecule has 0 radical (unpaired) electrons. The van der Waals surface area contributed by atoms with Gasteiger partial charge in [-0.3, -0.25) is 14.4 Å². The molecule has 1 aliphatic carbocycles. The zero-order valence-corrected chi connectivity index (χ0v) is 23.5. The maximum absolute atomic E-state index is 13.2. The molecule has 2 amide bonds. The number of pyridine rings is 1. The van der Waals surface area contributed by atoms with Gasteiger partial charge >= 0.3 is 15.0 Å². The second-order valence-corrected chi connectivity index (χ2v) is 13.0. The summed E-state index contributed by atoms with van der Waals surface area (Å²) < 4.78 is 27.7. The van der Waals surface area contributed by atoms with Crippen LogP contribution in [-0.2, 0) is 24.4 Å². The van der Waals surface area contributed by atoms with Crippen LogP contribution >= 0.6 is 0 Å². The van der Waals surface area contributed by atoms with E-state index in [2.05, 4.69) is 10.6 Å². The Balaban J connectivity index is 1.64. The van der Waals surface area contributed by atoms with Crippen LogP contribution in [0.25, 0.3) is 0 Å². The normalized spacial score (nSPS) is 22.6. The van der Waals surface area contributed by atoms with Crippen LogP contribution in [0.1, 0.15) is 85.0 Å². The van der Waals surface area contributed by atoms with E-state index >= 15 is 0 Å². The van der Waals surface area contributed by atoms with Crippen molar-refractivity contribution in [1.29, 1.82) is 0 Å². The predicted octanol–water partition coefficient (Wildman–Crippen LogP) is 2.44. The number of nitrogens with one attached hydrogen (secondary N) is 2. The maximum atomic E-state index is 13.2. The Morgan fingerprint density at radius 1 is 1.13 bits per heavy atom. The minimum absolute atomic E-state index is 0.138. The van der Waals surface area contributed by atoms with Gasteiger partial charge in [0.15, 0.2) is 12.0 Å². The number of carbonyl (C=O) groups excluding carboxylic acids is 3. The zero-order chi connectivity index (χ0) is 27.9. The van der Waals surface area contributed by atoms with E-state index in [1.807, 2.05) is 13.8 Å².